The third-order valence-electron chi connectivity index (χ3n) is 1.87. The summed E-state index contributed by atoms with van der Waals surface area (Å²) in [4.78, 5) is 21.6. The van der Waals surface area contributed by atoms with Crippen molar-refractivity contribution in [1.82, 2.24) is 0 Å². The van der Waals surface area contributed by atoms with Gasteiger partial charge in [-0.25, -0.2) is 0 Å². The fourth-order valence-corrected chi connectivity index (χ4v) is 1.07. The van der Waals surface area contributed by atoms with Crippen LogP contribution in [-0.2, 0) is 14.3 Å². The molecule has 88 valence electrons. The topological polar surface area (TPSA) is 63.6 Å². The first kappa shape index (κ1) is 17.0. The Morgan fingerprint density at radius 1 is 1.33 bits per heavy atom. The monoisotopic (exact) mass is 232 g/mol. The summed E-state index contributed by atoms with van der Waals surface area (Å²) in [5.74, 6) is -1.43. The van der Waals surface area contributed by atoms with Crippen LogP contribution in [0.2, 0.25) is 0 Å². The minimum absolute atomic E-state index is 0. The Balaban J connectivity index is 0. The molecule has 1 atom stereocenters. The first-order valence-corrected chi connectivity index (χ1v) is 4.97. The van der Waals surface area contributed by atoms with Crippen molar-refractivity contribution in [3.8, 4) is 0 Å². The summed E-state index contributed by atoms with van der Waals surface area (Å²) in [5.41, 5.74) is 0. The molecular formula is C10H21AlO4. The Morgan fingerprint density at radius 2 is 1.93 bits per heavy atom. The zero-order valence-electron chi connectivity index (χ0n) is 8.78. The van der Waals surface area contributed by atoms with Gasteiger partial charge in [-0.2, -0.15) is 0 Å². The van der Waals surface area contributed by atoms with Crippen molar-refractivity contribution in [3.63, 3.8) is 0 Å². The molecule has 0 saturated heterocycles. The number of carbonyl (C=O) groups is 2. The molecule has 0 spiro atoms. The smallest absolute Gasteiger partial charge is 0.310 e. The highest BCUT2D eigenvalue weighted by Crippen LogP contribution is 2.04. The van der Waals surface area contributed by atoms with E-state index in [9.17, 15) is 9.59 Å². The summed E-state index contributed by atoms with van der Waals surface area (Å²) in [6.45, 7) is 4.38. The summed E-state index contributed by atoms with van der Waals surface area (Å²) in [7, 11) is 0. The average molecular weight is 232 g/mol. The van der Waals surface area contributed by atoms with Crippen molar-refractivity contribution in [3.05, 3.63) is 0 Å². The normalized spacial score (nSPS) is 11.6. The van der Waals surface area contributed by atoms with Gasteiger partial charge in [0, 0.05) is 6.61 Å². The molecule has 0 aromatic heterocycles. The SMILES string of the molecule is CCCCOC(CC)C(=O)CC(=O)O.[AlH3]. The average Bonchev–Trinajstić information content (AvgIpc) is 2.11. The van der Waals surface area contributed by atoms with Gasteiger partial charge >= 0.3 is 5.97 Å². The highest BCUT2D eigenvalue weighted by atomic mass is 27.0. The van der Waals surface area contributed by atoms with E-state index in [2.05, 4.69) is 0 Å². The van der Waals surface area contributed by atoms with Crippen LogP contribution in [0.3, 0.4) is 0 Å². The molecule has 0 aromatic rings. The van der Waals surface area contributed by atoms with E-state index in [1.165, 1.54) is 0 Å². The van der Waals surface area contributed by atoms with Crippen molar-refractivity contribution in [2.24, 2.45) is 0 Å². The Kier molecular flexibility index (Phi) is 11.5. The lowest BCUT2D eigenvalue weighted by Gasteiger charge is -2.13. The lowest BCUT2D eigenvalue weighted by Crippen LogP contribution is -2.26. The highest BCUT2D eigenvalue weighted by molar-refractivity contribution is 5.97. The predicted molar refractivity (Wildman–Crippen MR) is 62.1 cm³/mol. The number of ether oxygens (including phenoxy) is 1. The number of carboxylic acid groups (broad SMARTS) is 1. The van der Waals surface area contributed by atoms with Gasteiger partial charge in [0.05, 0.1) is 0 Å². The quantitative estimate of drug-likeness (QED) is 0.375. The van der Waals surface area contributed by atoms with Gasteiger partial charge < -0.3 is 9.84 Å². The van der Waals surface area contributed by atoms with Gasteiger partial charge in [-0.05, 0) is 12.8 Å². The van der Waals surface area contributed by atoms with Crippen molar-refractivity contribution >= 4 is 29.1 Å². The molecule has 0 fully saturated rings. The maximum absolute atomic E-state index is 11.3. The summed E-state index contributed by atoms with van der Waals surface area (Å²) in [5, 5.41) is 8.42. The van der Waals surface area contributed by atoms with E-state index in [1.54, 1.807) is 0 Å². The standard InChI is InChI=1S/C10H18O4.Al.3H/c1-3-5-6-14-9(4-2)8(11)7-10(12)13;;;;/h9H,3-7H2,1-2H3,(H,12,13);;;;. The maximum atomic E-state index is 11.3. The molecule has 0 heterocycles. The van der Waals surface area contributed by atoms with Gasteiger partial charge in [0.25, 0.3) is 0 Å². The van der Waals surface area contributed by atoms with Gasteiger partial charge in [-0.3, -0.25) is 9.59 Å². The van der Waals surface area contributed by atoms with Crippen LogP contribution in [0.25, 0.3) is 0 Å². The Morgan fingerprint density at radius 3 is 2.33 bits per heavy atom. The summed E-state index contributed by atoms with van der Waals surface area (Å²) >= 11 is 0. The number of Topliss-reactive ketones (excluding diaryl/α,β-unsaturated/α-hetero) is 1. The summed E-state index contributed by atoms with van der Waals surface area (Å²) in [6, 6.07) is 0. The number of hydrogen-bond donors (Lipinski definition) is 1. The number of carboxylic acids is 1. The van der Waals surface area contributed by atoms with E-state index in [-0.39, 0.29) is 23.1 Å². The maximum Gasteiger partial charge on any atom is 0.310 e. The van der Waals surface area contributed by atoms with Gasteiger partial charge in [0.15, 0.2) is 23.1 Å². The summed E-state index contributed by atoms with van der Waals surface area (Å²) in [6.07, 6.45) is 1.46. The second-order valence-corrected chi connectivity index (χ2v) is 3.16. The molecule has 1 unspecified atom stereocenters. The fourth-order valence-electron chi connectivity index (χ4n) is 1.07. The minimum atomic E-state index is -1.09. The molecule has 4 nitrogen and oxygen atoms in total. The number of rotatable bonds is 8. The van der Waals surface area contributed by atoms with E-state index in [0.717, 1.165) is 12.8 Å². The lowest BCUT2D eigenvalue weighted by atomic mass is 10.1. The van der Waals surface area contributed by atoms with Gasteiger partial charge in [-0.15, -0.1) is 0 Å². The fraction of sp³-hybridized carbons (Fsp3) is 0.800. The molecule has 0 radical (unpaired) electrons. The van der Waals surface area contributed by atoms with Gasteiger partial charge in [-0.1, -0.05) is 20.3 Å². The molecule has 0 aliphatic rings. The molecule has 1 N–H and O–H groups in total. The van der Waals surface area contributed by atoms with Crippen LogP contribution in [0, 0.1) is 0 Å². The predicted octanol–water partition coefficient (Wildman–Crippen LogP) is 0.442. The Labute approximate surface area is 101 Å². The zero-order valence-corrected chi connectivity index (χ0v) is 8.78. The molecule has 0 aliphatic heterocycles. The zero-order chi connectivity index (χ0) is 11.0. The van der Waals surface area contributed by atoms with Crippen molar-refractivity contribution in [2.45, 2.75) is 45.6 Å². The third-order valence-corrected chi connectivity index (χ3v) is 1.87. The largest absolute Gasteiger partial charge is 0.481 e. The number of carbonyl (C=O) groups excluding carboxylic acids is 1. The van der Waals surface area contributed by atoms with Crippen molar-refractivity contribution in [1.29, 1.82) is 0 Å². The Hall–Kier alpha value is -0.368. The number of hydrogen-bond acceptors (Lipinski definition) is 3. The minimum Gasteiger partial charge on any atom is -0.481 e. The molecule has 0 bridgehead atoms. The number of unbranched alkanes of at least 4 members (excludes halogenated alkanes) is 1. The van der Waals surface area contributed by atoms with Crippen LogP contribution in [0.4, 0.5) is 0 Å². The lowest BCUT2D eigenvalue weighted by molar-refractivity contribution is -0.143. The Bertz CT molecular complexity index is 194. The highest BCUT2D eigenvalue weighted by Gasteiger charge is 2.19. The molecule has 0 amide bonds. The molecular weight excluding hydrogens is 211 g/mol. The molecule has 15 heavy (non-hydrogen) atoms. The molecule has 5 heteroatoms. The van der Waals surface area contributed by atoms with Crippen LogP contribution in [0.1, 0.15) is 39.5 Å². The first-order chi connectivity index (χ1) is 6.61. The van der Waals surface area contributed by atoms with E-state index in [4.69, 9.17) is 9.84 Å². The van der Waals surface area contributed by atoms with E-state index < -0.39 is 18.5 Å². The van der Waals surface area contributed by atoms with Crippen molar-refractivity contribution in [2.75, 3.05) is 6.61 Å². The van der Waals surface area contributed by atoms with E-state index >= 15 is 0 Å². The van der Waals surface area contributed by atoms with Gasteiger partial charge in [0.1, 0.15) is 12.5 Å². The van der Waals surface area contributed by atoms with Crippen LogP contribution >= 0.6 is 0 Å². The first-order valence-electron chi connectivity index (χ1n) is 4.97. The second-order valence-electron chi connectivity index (χ2n) is 3.16. The number of ketones is 1. The second kappa shape index (κ2) is 10.2. The van der Waals surface area contributed by atoms with Crippen LogP contribution < -0.4 is 0 Å². The van der Waals surface area contributed by atoms with Crippen LogP contribution in [0.5, 0.6) is 0 Å². The third kappa shape index (κ3) is 8.62. The van der Waals surface area contributed by atoms with Crippen LogP contribution in [-0.4, -0.2) is 46.9 Å². The molecule has 0 aromatic carbocycles. The summed E-state index contributed by atoms with van der Waals surface area (Å²) < 4.78 is 5.28. The van der Waals surface area contributed by atoms with E-state index in [0.29, 0.717) is 13.0 Å². The molecule has 0 rings (SSSR count). The van der Waals surface area contributed by atoms with Crippen LogP contribution in [0.15, 0.2) is 0 Å². The number of aliphatic carboxylic acids is 1. The molecule has 0 saturated carbocycles. The van der Waals surface area contributed by atoms with E-state index in [1.807, 2.05) is 13.8 Å². The van der Waals surface area contributed by atoms with Crippen molar-refractivity contribution < 1.29 is 19.4 Å². The molecule has 0 aliphatic carbocycles. The van der Waals surface area contributed by atoms with Gasteiger partial charge in [0.2, 0.25) is 0 Å².